The Morgan fingerprint density at radius 3 is 2.07 bits per heavy atom. The van der Waals surface area contributed by atoms with Gasteiger partial charge in [0.25, 0.3) is 0 Å². The Labute approximate surface area is 95.0 Å². The van der Waals surface area contributed by atoms with Crippen LogP contribution < -0.4 is 0 Å². The van der Waals surface area contributed by atoms with Crippen LogP contribution in [0.3, 0.4) is 0 Å². The van der Waals surface area contributed by atoms with Crippen LogP contribution in [0.4, 0.5) is 0 Å². The second-order valence-corrected chi connectivity index (χ2v) is 5.60. The van der Waals surface area contributed by atoms with Crippen molar-refractivity contribution in [3.05, 3.63) is 12.2 Å². The molecule has 0 bridgehead atoms. The van der Waals surface area contributed by atoms with E-state index in [0.717, 1.165) is 12.0 Å². The minimum atomic E-state index is 0.0131. The number of Topliss-reactive ketones (excluding diaryl/α,β-unsaturated/α-hetero) is 1. The van der Waals surface area contributed by atoms with Crippen LogP contribution in [0.1, 0.15) is 54.4 Å². The molecule has 0 saturated heterocycles. The zero-order valence-corrected chi connectivity index (χ0v) is 11.2. The summed E-state index contributed by atoms with van der Waals surface area (Å²) in [5, 5.41) is 0. The molecule has 0 aromatic heterocycles. The first-order valence-corrected chi connectivity index (χ1v) is 5.93. The lowest BCUT2D eigenvalue weighted by Crippen LogP contribution is -2.25. The summed E-state index contributed by atoms with van der Waals surface area (Å²) in [5.41, 5.74) is 1.28. The molecular weight excluding hydrogens is 184 g/mol. The normalized spacial score (nSPS) is 15.9. The van der Waals surface area contributed by atoms with E-state index in [1.54, 1.807) is 0 Å². The van der Waals surface area contributed by atoms with Crippen molar-refractivity contribution in [3.8, 4) is 0 Å². The number of carbonyl (C=O) groups is 1. The lowest BCUT2D eigenvalue weighted by molar-refractivity contribution is -0.121. The zero-order chi connectivity index (χ0) is 12.2. The van der Waals surface area contributed by atoms with Gasteiger partial charge in [0, 0.05) is 12.3 Å². The van der Waals surface area contributed by atoms with Crippen LogP contribution in [-0.2, 0) is 4.79 Å². The van der Waals surface area contributed by atoms with Crippen molar-refractivity contribution in [1.82, 2.24) is 0 Å². The molecule has 0 saturated carbocycles. The number of allylic oxidation sites excluding steroid dienone is 1. The van der Waals surface area contributed by atoms with Crippen molar-refractivity contribution in [1.29, 1.82) is 0 Å². The van der Waals surface area contributed by atoms with Crippen LogP contribution in [0.25, 0.3) is 0 Å². The van der Waals surface area contributed by atoms with Gasteiger partial charge in [0.05, 0.1) is 0 Å². The lowest BCUT2D eigenvalue weighted by Gasteiger charge is -2.31. The number of hydrogen-bond donors (Lipinski definition) is 0. The molecule has 1 nitrogen and oxygen atoms in total. The minimum absolute atomic E-state index is 0.0131. The molecule has 2 atom stereocenters. The van der Waals surface area contributed by atoms with Crippen LogP contribution in [-0.4, -0.2) is 5.78 Å². The summed E-state index contributed by atoms with van der Waals surface area (Å²) in [5.74, 6) is 0.728. The molecule has 0 rings (SSSR count). The van der Waals surface area contributed by atoms with Gasteiger partial charge >= 0.3 is 0 Å². The molecule has 0 amide bonds. The van der Waals surface area contributed by atoms with E-state index in [1.807, 2.05) is 13.8 Å². The fraction of sp³-hybridized carbons (Fsp3) is 0.786. The average Bonchev–Trinajstić information content (AvgIpc) is 2.13. The number of rotatable bonds is 5. The number of hydrogen-bond acceptors (Lipinski definition) is 1. The molecule has 2 unspecified atom stereocenters. The van der Waals surface area contributed by atoms with E-state index in [0.29, 0.717) is 18.1 Å². The zero-order valence-electron chi connectivity index (χ0n) is 11.2. The van der Waals surface area contributed by atoms with Gasteiger partial charge in [-0.15, -0.1) is 0 Å². The third-order valence-corrected chi connectivity index (χ3v) is 3.39. The summed E-state index contributed by atoms with van der Waals surface area (Å²) in [6, 6.07) is 0. The fourth-order valence-electron chi connectivity index (χ4n) is 1.60. The van der Waals surface area contributed by atoms with E-state index in [9.17, 15) is 4.79 Å². The van der Waals surface area contributed by atoms with Gasteiger partial charge in [-0.25, -0.2) is 0 Å². The van der Waals surface area contributed by atoms with Gasteiger partial charge in [-0.3, -0.25) is 4.79 Å². The molecule has 0 aromatic carbocycles. The largest absolute Gasteiger partial charge is 0.299 e. The Hall–Kier alpha value is -0.590. The van der Waals surface area contributed by atoms with E-state index < -0.39 is 0 Å². The second kappa shape index (κ2) is 5.48. The van der Waals surface area contributed by atoms with Crippen LogP contribution in [0.5, 0.6) is 0 Å². The molecule has 0 spiro atoms. The molecule has 0 aromatic rings. The molecule has 0 aliphatic rings. The van der Waals surface area contributed by atoms with Gasteiger partial charge in [-0.1, -0.05) is 53.7 Å². The predicted octanol–water partition coefficient (Wildman–Crippen LogP) is 4.23. The maximum Gasteiger partial charge on any atom is 0.139 e. The molecule has 0 heterocycles. The Bertz CT molecular complexity index is 232. The summed E-state index contributed by atoms with van der Waals surface area (Å²) in [4.78, 5) is 11.8. The van der Waals surface area contributed by atoms with Crippen LogP contribution >= 0.6 is 0 Å². The Morgan fingerprint density at radius 2 is 1.73 bits per heavy atom. The van der Waals surface area contributed by atoms with E-state index >= 15 is 0 Å². The van der Waals surface area contributed by atoms with Gasteiger partial charge in [0.15, 0.2) is 0 Å². The topological polar surface area (TPSA) is 17.1 Å². The van der Waals surface area contributed by atoms with Gasteiger partial charge in [-0.05, 0) is 17.8 Å². The molecule has 0 radical (unpaired) electrons. The highest BCUT2D eigenvalue weighted by Gasteiger charge is 2.27. The van der Waals surface area contributed by atoms with Crippen LogP contribution in [0.15, 0.2) is 12.2 Å². The van der Waals surface area contributed by atoms with Crippen molar-refractivity contribution in [2.24, 2.45) is 17.3 Å². The summed E-state index contributed by atoms with van der Waals surface area (Å²) in [7, 11) is 0. The Morgan fingerprint density at radius 1 is 1.27 bits per heavy atom. The molecule has 0 fully saturated rings. The molecule has 0 aliphatic carbocycles. The summed E-state index contributed by atoms with van der Waals surface area (Å²) in [6.07, 6.45) is 1.61. The van der Waals surface area contributed by atoms with E-state index in [1.165, 1.54) is 0 Å². The van der Waals surface area contributed by atoms with E-state index in [4.69, 9.17) is 0 Å². The summed E-state index contributed by atoms with van der Waals surface area (Å²) < 4.78 is 0. The average molecular weight is 210 g/mol. The van der Waals surface area contributed by atoms with Gasteiger partial charge in [0.2, 0.25) is 0 Å². The fourth-order valence-corrected chi connectivity index (χ4v) is 1.60. The molecule has 0 N–H and O–H groups in total. The number of ketones is 1. The van der Waals surface area contributed by atoms with Crippen LogP contribution in [0, 0.1) is 17.3 Å². The van der Waals surface area contributed by atoms with E-state index in [-0.39, 0.29) is 11.3 Å². The highest BCUT2D eigenvalue weighted by Crippen LogP contribution is 2.34. The van der Waals surface area contributed by atoms with Crippen molar-refractivity contribution < 1.29 is 4.79 Å². The first-order valence-electron chi connectivity index (χ1n) is 5.93. The van der Waals surface area contributed by atoms with Crippen molar-refractivity contribution >= 4 is 5.78 Å². The highest BCUT2D eigenvalue weighted by atomic mass is 16.1. The molecule has 15 heavy (non-hydrogen) atoms. The van der Waals surface area contributed by atoms with Crippen molar-refractivity contribution in [2.75, 3.05) is 0 Å². The minimum Gasteiger partial charge on any atom is -0.299 e. The molecular formula is C14H26O. The SMILES string of the molecule is C=C(C(C)C(=O)CCC)C(C)C(C)(C)C. The standard InChI is InChI=1S/C14H26O/c1-8-9-13(15)11(3)10(2)12(4)14(5,6)7/h11-12H,2,8-9H2,1,3-7H3. The van der Waals surface area contributed by atoms with Crippen molar-refractivity contribution in [3.63, 3.8) is 0 Å². The summed E-state index contributed by atoms with van der Waals surface area (Å²) in [6.45, 7) is 16.9. The first-order chi connectivity index (χ1) is 6.71. The predicted molar refractivity (Wildman–Crippen MR) is 66.8 cm³/mol. The quantitative estimate of drug-likeness (QED) is 0.621. The van der Waals surface area contributed by atoms with Gasteiger partial charge < -0.3 is 0 Å². The highest BCUT2D eigenvalue weighted by molar-refractivity contribution is 5.83. The summed E-state index contributed by atoms with van der Waals surface area (Å²) >= 11 is 0. The maximum absolute atomic E-state index is 11.8. The van der Waals surface area contributed by atoms with Gasteiger partial charge in [0.1, 0.15) is 5.78 Å². The lowest BCUT2D eigenvalue weighted by atomic mass is 9.73. The van der Waals surface area contributed by atoms with Crippen molar-refractivity contribution in [2.45, 2.75) is 54.4 Å². The molecule has 1 heteroatoms. The van der Waals surface area contributed by atoms with E-state index in [2.05, 4.69) is 34.3 Å². The first kappa shape index (κ1) is 14.4. The number of carbonyl (C=O) groups excluding carboxylic acids is 1. The third-order valence-electron chi connectivity index (χ3n) is 3.39. The smallest absolute Gasteiger partial charge is 0.139 e. The monoisotopic (exact) mass is 210 g/mol. The van der Waals surface area contributed by atoms with Gasteiger partial charge in [-0.2, -0.15) is 0 Å². The maximum atomic E-state index is 11.8. The van der Waals surface area contributed by atoms with Crippen LogP contribution in [0.2, 0.25) is 0 Å². The Kier molecular flexibility index (Phi) is 5.27. The Balaban J connectivity index is 4.52. The molecule has 0 aliphatic heterocycles. The molecule has 88 valence electrons. The third kappa shape index (κ3) is 4.19. The second-order valence-electron chi connectivity index (χ2n) is 5.60.